The monoisotopic (exact) mass is 383 g/mol. The van der Waals surface area contributed by atoms with Crippen LogP contribution in [0.15, 0.2) is 24.4 Å². The molecule has 0 bridgehead atoms. The molecule has 0 saturated carbocycles. The highest BCUT2D eigenvalue weighted by molar-refractivity contribution is 6.05. The first-order chi connectivity index (χ1) is 13.4. The number of carbonyl (C=O) groups is 3. The van der Waals surface area contributed by atoms with Crippen LogP contribution in [0.1, 0.15) is 54.4 Å². The largest absolute Gasteiger partial charge is 0.386 e. The fraction of sp³-hybridized carbons (Fsp3) is 0.421. The van der Waals surface area contributed by atoms with Gasteiger partial charge in [-0.05, 0) is 24.5 Å². The van der Waals surface area contributed by atoms with Crippen molar-refractivity contribution in [3.8, 4) is 5.69 Å². The minimum absolute atomic E-state index is 0.00349. The number of nitrogens with one attached hydrogen (secondary N) is 1. The highest BCUT2D eigenvalue weighted by atomic mass is 16.3. The molecule has 1 aromatic carbocycles. The number of carbonyl (C=O) groups excluding carboxylic acids is 3. The number of piperidine rings is 1. The van der Waals surface area contributed by atoms with Crippen molar-refractivity contribution in [3.05, 3.63) is 41.2 Å². The molecule has 9 heteroatoms. The van der Waals surface area contributed by atoms with Gasteiger partial charge in [-0.15, -0.1) is 5.10 Å². The van der Waals surface area contributed by atoms with Crippen molar-refractivity contribution >= 4 is 17.7 Å². The predicted octanol–water partition coefficient (Wildman–Crippen LogP) is 0.718. The molecule has 146 valence electrons. The van der Waals surface area contributed by atoms with Crippen molar-refractivity contribution in [1.82, 2.24) is 25.2 Å². The summed E-state index contributed by atoms with van der Waals surface area (Å²) >= 11 is 0. The average molecular weight is 383 g/mol. The molecule has 0 aliphatic carbocycles. The average Bonchev–Trinajstić information content (AvgIpc) is 3.27. The molecule has 3 amide bonds. The number of rotatable bonds is 4. The van der Waals surface area contributed by atoms with E-state index in [0.29, 0.717) is 23.4 Å². The number of benzene rings is 1. The number of aliphatic hydroxyl groups is 1. The van der Waals surface area contributed by atoms with E-state index in [1.54, 1.807) is 23.0 Å². The maximum atomic E-state index is 12.9. The highest BCUT2D eigenvalue weighted by Gasteiger charge is 2.40. The van der Waals surface area contributed by atoms with Crippen molar-refractivity contribution in [2.45, 2.75) is 45.4 Å². The molecule has 2 aromatic rings. The Morgan fingerprint density at radius 3 is 2.75 bits per heavy atom. The topological polar surface area (TPSA) is 117 Å². The fourth-order valence-corrected chi connectivity index (χ4v) is 3.66. The van der Waals surface area contributed by atoms with E-state index < -0.39 is 18.1 Å². The van der Waals surface area contributed by atoms with Crippen molar-refractivity contribution in [2.75, 3.05) is 0 Å². The second kappa shape index (κ2) is 6.83. The highest BCUT2D eigenvalue weighted by Crippen LogP contribution is 2.31. The summed E-state index contributed by atoms with van der Waals surface area (Å²) < 4.78 is 1.54. The summed E-state index contributed by atoms with van der Waals surface area (Å²) in [6.07, 6.45) is 1.45. The predicted molar refractivity (Wildman–Crippen MR) is 97.2 cm³/mol. The van der Waals surface area contributed by atoms with Crippen LogP contribution in [-0.4, -0.2) is 48.8 Å². The standard InChI is InChI=1S/C19H21N5O4/c1-10(2)17(26)13-9-24(22-21-13)14-5-3-4-11-12(14)8-23(19(11)28)15-6-7-16(25)20-18(15)27/h3-5,9-10,15,17,26H,6-8H2,1-2H3,(H,20,25,27)/t15?,17-/m0/s1. The summed E-state index contributed by atoms with van der Waals surface area (Å²) in [5.41, 5.74) is 2.38. The number of aliphatic hydroxyl groups excluding tert-OH is 1. The van der Waals surface area contributed by atoms with Gasteiger partial charge < -0.3 is 10.0 Å². The lowest BCUT2D eigenvalue weighted by atomic mass is 10.0. The molecule has 1 saturated heterocycles. The lowest BCUT2D eigenvalue weighted by Crippen LogP contribution is -2.52. The van der Waals surface area contributed by atoms with Crippen LogP contribution in [0.5, 0.6) is 0 Å². The van der Waals surface area contributed by atoms with Gasteiger partial charge in [0.05, 0.1) is 11.9 Å². The first kappa shape index (κ1) is 18.3. The molecular formula is C19H21N5O4. The van der Waals surface area contributed by atoms with E-state index in [0.717, 1.165) is 5.56 Å². The van der Waals surface area contributed by atoms with E-state index in [1.165, 1.54) is 4.90 Å². The number of amides is 3. The number of hydrogen-bond acceptors (Lipinski definition) is 6. The van der Waals surface area contributed by atoms with Gasteiger partial charge in [0.15, 0.2) is 0 Å². The molecule has 4 rings (SSSR count). The van der Waals surface area contributed by atoms with E-state index in [2.05, 4.69) is 15.6 Å². The molecule has 1 fully saturated rings. The van der Waals surface area contributed by atoms with Gasteiger partial charge in [-0.25, -0.2) is 4.68 Å². The Bertz CT molecular complexity index is 967. The van der Waals surface area contributed by atoms with E-state index in [4.69, 9.17) is 0 Å². The van der Waals surface area contributed by atoms with Gasteiger partial charge in [0.25, 0.3) is 5.91 Å². The SMILES string of the molecule is CC(C)[C@H](O)c1cn(-c2cccc3c2CN(C2CCC(=O)NC2=O)C3=O)nn1. The summed E-state index contributed by atoms with van der Waals surface area (Å²) in [5.74, 6) is -1.00. The van der Waals surface area contributed by atoms with Crippen molar-refractivity contribution in [1.29, 1.82) is 0 Å². The summed E-state index contributed by atoms with van der Waals surface area (Å²) in [5, 5.41) is 20.7. The molecular weight excluding hydrogens is 362 g/mol. The second-order valence-electron chi connectivity index (χ2n) is 7.48. The Balaban J connectivity index is 1.65. The lowest BCUT2D eigenvalue weighted by Gasteiger charge is -2.29. The van der Waals surface area contributed by atoms with Gasteiger partial charge in [0.1, 0.15) is 17.8 Å². The molecule has 0 radical (unpaired) electrons. The molecule has 1 aromatic heterocycles. The molecule has 3 heterocycles. The van der Waals surface area contributed by atoms with Gasteiger partial charge in [-0.1, -0.05) is 25.1 Å². The zero-order valence-electron chi connectivity index (χ0n) is 15.6. The van der Waals surface area contributed by atoms with E-state index in [1.807, 2.05) is 19.9 Å². The number of nitrogens with zero attached hydrogens (tertiary/aromatic N) is 4. The van der Waals surface area contributed by atoms with Gasteiger partial charge in [0.2, 0.25) is 11.8 Å². The van der Waals surface area contributed by atoms with Crippen LogP contribution in [0.4, 0.5) is 0 Å². The molecule has 2 atom stereocenters. The smallest absolute Gasteiger partial charge is 0.255 e. The van der Waals surface area contributed by atoms with Gasteiger partial charge in [-0.3, -0.25) is 19.7 Å². The van der Waals surface area contributed by atoms with E-state index in [9.17, 15) is 19.5 Å². The van der Waals surface area contributed by atoms with Crippen LogP contribution >= 0.6 is 0 Å². The van der Waals surface area contributed by atoms with Crippen LogP contribution in [0.3, 0.4) is 0 Å². The Kier molecular flexibility index (Phi) is 4.46. The Hall–Kier alpha value is -3.07. The molecule has 2 aliphatic rings. The molecule has 2 aliphatic heterocycles. The zero-order chi connectivity index (χ0) is 20.0. The molecule has 1 unspecified atom stereocenters. The molecule has 0 spiro atoms. The van der Waals surface area contributed by atoms with Crippen LogP contribution in [0, 0.1) is 5.92 Å². The summed E-state index contributed by atoms with van der Waals surface area (Å²) in [4.78, 5) is 38.0. The Labute approximate surface area is 161 Å². The van der Waals surface area contributed by atoms with Crippen molar-refractivity contribution < 1.29 is 19.5 Å². The minimum Gasteiger partial charge on any atom is -0.386 e. The van der Waals surface area contributed by atoms with Crippen molar-refractivity contribution in [3.63, 3.8) is 0 Å². The van der Waals surface area contributed by atoms with Crippen LogP contribution in [-0.2, 0) is 16.1 Å². The summed E-state index contributed by atoms with van der Waals surface area (Å²) in [7, 11) is 0. The third-order valence-electron chi connectivity index (χ3n) is 5.25. The second-order valence-corrected chi connectivity index (χ2v) is 7.48. The van der Waals surface area contributed by atoms with Crippen LogP contribution < -0.4 is 5.32 Å². The summed E-state index contributed by atoms with van der Waals surface area (Å²) in [6, 6.07) is 4.62. The number of hydrogen-bond donors (Lipinski definition) is 2. The molecule has 2 N–H and O–H groups in total. The molecule has 9 nitrogen and oxygen atoms in total. The lowest BCUT2D eigenvalue weighted by molar-refractivity contribution is -0.136. The fourth-order valence-electron chi connectivity index (χ4n) is 3.66. The zero-order valence-corrected chi connectivity index (χ0v) is 15.6. The van der Waals surface area contributed by atoms with Gasteiger partial charge in [0, 0.05) is 24.1 Å². The first-order valence-electron chi connectivity index (χ1n) is 9.24. The van der Waals surface area contributed by atoms with E-state index in [-0.39, 0.29) is 30.7 Å². The maximum Gasteiger partial charge on any atom is 0.255 e. The van der Waals surface area contributed by atoms with Crippen molar-refractivity contribution in [2.24, 2.45) is 5.92 Å². The van der Waals surface area contributed by atoms with Gasteiger partial charge in [-0.2, -0.15) is 0 Å². The first-order valence-corrected chi connectivity index (χ1v) is 9.24. The Morgan fingerprint density at radius 2 is 2.04 bits per heavy atom. The number of imide groups is 1. The van der Waals surface area contributed by atoms with Crippen LogP contribution in [0.2, 0.25) is 0 Å². The number of aromatic nitrogens is 3. The third kappa shape index (κ3) is 2.97. The summed E-state index contributed by atoms with van der Waals surface area (Å²) in [6.45, 7) is 4.03. The quantitative estimate of drug-likeness (QED) is 0.751. The van der Waals surface area contributed by atoms with E-state index >= 15 is 0 Å². The number of fused-ring (bicyclic) bond motifs is 1. The maximum absolute atomic E-state index is 12.9. The van der Waals surface area contributed by atoms with Gasteiger partial charge >= 0.3 is 0 Å². The normalized spacial score (nSPS) is 20.5. The van der Waals surface area contributed by atoms with Crippen LogP contribution in [0.25, 0.3) is 5.69 Å². The minimum atomic E-state index is -0.730. The third-order valence-corrected chi connectivity index (χ3v) is 5.25. The Morgan fingerprint density at radius 1 is 1.25 bits per heavy atom. The molecule has 28 heavy (non-hydrogen) atoms.